The Labute approximate surface area is 169 Å². The van der Waals surface area contributed by atoms with Gasteiger partial charge in [0.05, 0.1) is 12.1 Å². The highest BCUT2D eigenvalue weighted by atomic mass is 35.5. The smallest absolute Gasteiger partial charge is 0.341 e. The number of allylic oxidation sites excluding steroid dienone is 1. The molecule has 0 unspecified atom stereocenters. The summed E-state index contributed by atoms with van der Waals surface area (Å²) >= 11 is 5.99. The summed E-state index contributed by atoms with van der Waals surface area (Å²) in [5.74, 6) is -0.101. The molecule has 0 radical (unpaired) electrons. The third-order valence-corrected chi connectivity index (χ3v) is 4.63. The number of methoxy groups -OCH3 is 1. The fourth-order valence-electron chi connectivity index (χ4n) is 3.03. The number of rotatable bonds is 5. The number of ether oxygens (including phenoxy) is 1. The third-order valence-electron chi connectivity index (χ3n) is 4.42. The molecule has 0 aliphatic heterocycles. The maximum atomic E-state index is 12.1. The van der Waals surface area contributed by atoms with E-state index in [9.17, 15) is 4.79 Å². The van der Waals surface area contributed by atoms with Gasteiger partial charge in [0.15, 0.2) is 0 Å². The zero-order chi connectivity index (χ0) is 20.1. The topological polar surface area (TPSA) is 51.2 Å². The number of esters is 1. The standard InChI is InChI=1S/C23H21ClN2O2/c1-4-19(16-8-6-5-7-9-16)20-13-18(11-10-15(20)2)26-22-21(23(27)28-3)12-17(24)14-25-22/h4-14H,1-3H3,(H,25,26)/b19-4-. The number of hydrogen-bond donors (Lipinski definition) is 1. The summed E-state index contributed by atoms with van der Waals surface area (Å²) in [7, 11) is 1.33. The zero-order valence-electron chi connectivity index (χ0n) is 16.0. The molecule has 0 atom stereocenters. The second-order valence-electron chi connectivity index (χ2n) is 6.26. The van der Waals surface area contributed by atoms with Crippen LogP contribution >= 0.6 is 11.6 Å². The SMILES string of the molecule is C/C=C(/c1ccccc1)c1cc(Nc2ncc(Cl)cc2C(=O)OC)ccc1C. The predicted octanol–water partition coefficient (Wildman–Crippen LogP) is 6.03. The van der Waals surface area contributed by atoms with Gasteiger partial charge in [-0.25, -0.2) is 9.78 Å². The molecule has 4 nitrogen and oxygen atoms in total. The molecule has 5 heteroatoms. The maximum absolute atomic E-state index is 12.1. The number of aryl methyl sites for hydroxylation is 1. The van der Waals surface area contributed by atoms with E-state index in [-0.39, 0.29) is 5.56 Å². The minimum atomic E-state index is -0.497. The fourth-order valence-corrected chi connectivity index (χ4v) is 3.18. The van der Waals surface area contributed by atoms with Gasteiger partial charge in [0.1, 0.15) is 11.4 Å². The Balaban J connectivity index is 2.00. The number of hydrogen-bond acceptors (Lipinski definition) is 4. The summed E-state index contributed by atoms with van der Waals surface area (Å²) in [5, 5.41) is 3.59. The summed E-state index contributed by atoms with van der Waals surface area (Å²) in [5.41, 5.74) is 5.64. The highest BCUT2D eigenvalue weighted by Gasteiger charge is 2.15. The largest absolute Gasteiger partial charge is 0.465 e. The number of carbonyl (C=O) groups excluding carboxylic acids is 1. The summed E-state index contributed by atoms with van der Waals surface area (Å²) in [6.45, 7) is 4.10. The van der Waals surface area contributed by atoms with Crippen molar-refractivity contribution in [1.82, 2.24) is 4.98 Å². The van der Waals surface area contributed by atoms with Crippen LogP contribution in [0.15, 0.2) is 66.9 Å². The summed E-state index contributed by atoms with van der Waals surface area (Å²) in [6.07, 6.45) is 3.59. The molecule has 0 saturated heterocycles. The Kier molecular flexibility index (Phi) is 6.12. The molecule has 0 spiro atoms. The fraction of sp³-hybridized carbons (Fsp3) is 0.130. The van der Waals surface area contributed by atoms with Gasteiger partial charge < -0.3 is 10.1 Å². The van der Waals surface area contributed by atoms with Crippen molar-refractivity contribution in [2.75, 3.05) is 12.4 Å². The van der Waals surface area contributed by atoms with Gasteiger partial charge in [-0.15, -0.1) is 0 Å². The van der Waals surface area contributed by atoms with Crippen LogP contribution in [-0.2, 0) is 4.74 Å². The van der Waals surface area contributed by atoms with Gasteiger partial charge >= 0.3 is 5.97 Å². The van der Waals surface area contributed by atoms with Crippen LogP contribution in [0.1, 0.15) is 34.0 Å². The van der Waals surface area contributed by atoms with E-state index in [1.807, 2.05) is 37.3 Å². The number of carbonyl (C=O) groups is 1. The van der Waals surface area contributed by atoms with Crippen molar-refractivity contribution < 1.29 is 9.53 Å². The van der Waals surface area contributed by atoms with Crippen molar-refractivity contribution in [2.24, 2.45) is 0 Å². The molecule has 1 aromatic heterocycles. The first-order valence-corrected chi connectivity index (χ1v) is 9.25. The molecule has 0 amide bonds. The van der Waals surface area contributed by atoms with Gasteiger partial charge in [-0.1, -0.05) is 54.1 Å². The Bertz CT molecular complexity index is 1030. The van der Waals surface area contributed by atoms with Gasteiger partial charge in [0, 0.05) is 11.9 Å². The molecule has 28 heavy (non-hydrogen) atoms. The van der Waals surface area contributed by atoms with Crippen LogP contribution in [0, 0.1) is 6.92 Å². The zero-order valence-corrected chi connectivity index (χ0v) is 16.7. The Morgan fingerprint density at radius 1 is 1.11 bits per heavy atom. The lowest BCUT2D eigenvalue weighted by atomic mass is 9.94. The van der Waals surface area contributed by atoms with Gasteiger partial charge in [0.25, 0.3) is 0 Å². The molecule has 3 aromatic rings. The van der Waals surface area contributed by atoms with Crippen LogP contribution in [0.25, 0.3) is 5.57 Å². The molecule has 0 bridgehead atoms. The molecule has 0 aliphatic rings. The number of benzene rings is 2. The van der Waals surface area contributed by atoms with Crippen LogP contribution in [0.4, 0.5) is 11.5 Å². The third kappa shape index (κ3) is 4.24. The number of halogens is 1. The van der Waals surface area contributed by atoms with Crippen LogP contribution in [0.5, 0.6) is 0 Å². The first-order valence-electron chi connectivity index (χ1n) is 8.87. The van der Waals surface area contributed by atoms with Crippen LogP contribution in [-0.4, -0.2) is 18.1 Å². The highest BCUT2D eigenvalue weighted by Crippen LogP contribution is 2.30. The first-order chi connectivity index (χ1) is 13.5. The van der Waals surface area contributed by atoms with Crippen molar-refractivity contribution in [2.45, 2.75) is 13.8 Å². The Hall–Kier alpha value is -3.11. The van der Waals surface area contributed by atoms with E-state index < -0.39 is 5.97 Å². The molecule has 0 aliphatic carbocycles. The monoisotopic (exact) mass is 392 g/mol. The Morgan fingerprint density at radius 2 is 1.86 bits per heavy atom. The number of pyridine rings is 1. The average Bonchev–Trinajstić information content (AvgIpc) is 2.72. The van der Waals surface area contributed by atoms with Crippen LogP contribution in [0.2, 0.25) is 5.02 Å². The molecular formula is C23H21ClN2O2. The van der Waals surface area contributed by atoms with E-state index >= 15 is 0 Å². The normalized spacial score (nSPS) is 11.2. The molecule has 0 saturated carbocycles. The van der Waals surface area contributed by atoms with Crippen molar-refractivity contribution in [1.29, 1.82) is 0 Å². The summed E-state index contributed by atoms with van der Waals surface area (Å²) in [6, 6.07) is 17.8. The van der Waals surface area contributed by atoms with Crippen LogP contribution in [0.3, 0.4) is 0 Å². The second kappa shape index (κ2) is 8.72. The van der Waals surface area contributed by atoms with Crippen molar-refractivity contribution in [3.63, 3.8) is 0 Å². The minimum absolute atomic E-state index is 0.284. The molecule has 142 valence electrons. The summed E-state index contributed by atoms with van der Waals surface area (Å²) < 4.78 is 4.84. The molecule has 2 aromatic carbocycles. The van der Waals surface area contributed by atoms with E-state index in [1.54, 1.807) is 6.07 Å². The van der Waals surface area contributed by atoms with Gasteiger partial charge in [-0.2, -0.15) is 0 Å². The van der Waals surface area contributed by atoms with Crippen molar-refractivity contribution in [3.8, 4) is 0 Å². The molecule has 1 heterocycles. The maximum Gasteiger partial charge on any atom is 0.341 e. The first kappa shape index (κ1) is 19.6. The number of aromatic nitrogens is 1. The van der Waals surface area contributed by atoms with Gasteiger partial charge in [0.2, 0.25) is 0 Å². The predicted molar refractivity (Wildman–Crippen MR) is 114 cm³/mol. The van der Waals surface area contributed by atoms with E-state index in [0.717, 1.165) is 28.0 Å². The molecule has 0 fully saturated rings. The van der Waals surface area contributed by atoms with Crippen molar-refractivity contribution >= 4 is 34.6 Å². The van der Waals surface area contributed by atoms with Gasteiger partial charge in [-0.05, 0) is 54.3 Å². The Morgan fingerprint density at radius 3 is 2.54 bits per heavy atom. The van der Waals surface area contributed by atoms with Crippen molar-refractivity contribution in [3.05, 3.63) is 94.1 Å². The molecule has 3 rings (SSSR count). The number of nitrogens with zero attached hydrogens (tertiary/aromatic N) is 1. The quantitative estimate of drug-likeness (QED) is 0.539. The van der Waals surface area contributed by atoms with E-state index in [2.05, 4.69) is 41.5 Å². The number of nitrogens with one attached hydrogen (secondary N) is 1. The summed E-state index contributed by atoms with van der Waals surface area (Å²) in [4.78, 5) is 16.3. The lowest BCUT2D eigenvalue weighted by molar-refractivity contribution is 0.0601. The number of anilines is 2. The average molecular weight is 393 g/mol. The lowest BCUT2D eigenvalue weighted by Gasteiger charge is -2.15. The van der Waals surface area contributed by atoms with E-state index in [4.69, 9.17) is 16.3 Å². The second-order valence-corrected chi connectivity index (χ2v) is 6.70. The van der Waals surface area contributed by atoms with E-state index in [0.29, 0.717) is 10.8 Å². The lowest BCUT2D eigenvalue weighted by Crippen LogP contribution is -2.07. The highest BCUT2D eigenvalue weighted by molar-refractivity contribution is 6.30. The molecular weight excluding hydrogens is 372 g/mol. The minimum Gasteiger partial charge on any atom is -0.465 e. The molecule has 1 N–H and O–H groups in total. The van der Waals surface area contributed by atoms with Gasteiger partial charge in [-0.3, -0.25) is 0 Å². The van der Waals surface area contributed by atoms with E-state index in [1.165, 1.54) is 13.3 Å². The van der Waals surface area contributed by atoms with Crippen LogP contribution < -0.4 is 5.32 Å².